The van der Waals surface area contributed by atoms with Crippen LogP contribution in [-0.2, 0) is 7.05 Å². The zero-order valence-corrected chi connectivity index (χ0v) is 8.95. The van der Waals surface area contributed by atoms with E-state index in [1.165, 1.54) is 4.80 Å². The van der Waals surface area contributed by atoms with Gasteiger partial charge < -0.3 is 5.73 Å². The standard InChI is InChI=1S/C8H7BrN4O/c1-13-11-6-3-4(9)2-5(8(10)14)7(6)12-13/h2-3H,1H3,(H2,10,14). The predicted octanol–water partition coefficient (Wildman–Crippen LogP) is 0.830. The SMILES string of the molecule is Cn1nc2cc(Br)cc(C(N)=O)c2n1. The molecule has 0 fully saturated rings. The number of nitrogens with zero attached hydrogens (tertiary/aromatic N) is 3. The highest BCUT2D eigenvalue weighted by Gasteiger charge is 2.12. The third-order valence-corrected chi connectivity index (χ3v) is 2.28. The number of aryl methyl sites for hydroxylation is 1. The van der Waals surface area contributed by atoms with Gasteiger partial charge in [0.25, 0.3) is 5.91 Å². The minimum Gasteiger partial charge on any atom is -0.366 e. The number of aromatic nitrogens is 3. The highest BCUT2D eigenvalue weighted by Crippen LogP contribution is 2.20. The second kappa shape index (κ2) is 3.06. The maximum absolute atomic E-state index is 11.1. The fraction of sp³-hybridized carbons (Fsp3) is 0.125. The lowest BCUT2D eigenvalue weighted by molar-refractivity contribution is 0.100. The molecular formula is C8H7BrN4O. The number of rotatable bonds is 1. The summed E-state index contributed by atoms with van der Waals surface area (Å²) in [6.45, 7) is 0. The summed E-state index contributed by atoms with van der Waals surface area (Å²) >= 11 is 3.28. The lowest BCUT2D eigenvalue weighted by Crippen LogP contribution is -2.11. The van der Waals surface area contributed by atoms with E-state index in [0.29, 0.717) is 16.6 Å². The first-order valence-corrected chi connectivity index (χ1v) is 4.67. The molecule has 14 heavy (non-hydrogen) atoms. The van der Waals surface area contributed by atoms with Crippen LogP contribution in [0.3, 0.4) is 0 Å². The molecule has 0 spiro atoms. The average Bonchev–Trinajstić information content (AvgIpc) is 2.42. The molecule has 0 unspecified atom stereocenters. The Bertz CT molecular complexity index is 519. The number of hydrogen-bond donors (Lipinski definition) is 1. The fourth-order valence-corrected chi connectivity index (χ4v) is 1.72. The molecule has 2 rings (SSSR count). The monoisotopic (exact) mass is 254 g/mol. The number of carbonyl (C=O) groups excluding carboxylic acids is 1. The van der Waals surface area contributed by atoms with Gasteiger partial charge >= 0.3 is 0 Å². The van der Waals surface area contributed by atoms with Crippen molar-refractivity contribution in [1.82, 2.24) is 15.0 Å². The van der Waals surface area contributed by atoms with E-state index in [0.717, 1.165) is 4.47 Å². The molecule has 1 heterocycles. The van der Waals surface area contributed by atoms with Gasteiger partial charge in [0.15, 0.2) is 0 Å². The van der Waals surface area contributed by atoms with Gasteiger partial charge in [-0.15, -0.1) is 0 Å². The molecule has 0 bridgehead atoms. The molecule has 0 radical (unpaired) electrons. The van der Waals surface area contributed by atoms with E-state index < -0.39 is 5.91 Å². The van der Waals surface area contributed by atoms with Crippen molar-refractivity contribution in [3.63, 3.8) is 0 Å². The van der Waals surface area contributed by atoms with Crippen LogP contribution in [0, 0.1) is 0 Å². The van der Waals surface area contributed by atoms with Crippen molar-refractivity contribution < 1.29 is 4.79 Å². The molecule has 1 aromatic heterocycles. The van der Waals surface area contributed by atoms with Gasteiger partial charge in [-0.1, -0.05) is 15.9 Å². The zero-order chi connectivity index (χ0) is 10.3. The second-order valence-electron chi connectivity index (χ2n) is 2.87. The smallest absolute Gasteiger partial charge is 0.251 e. The molecule has 0 saturated carbocycles. The van der Waals surface area contributed by atoms with Crippen molar-refractivity contribution in [2.75, 3.05) is 0 Å². The number of nitrogens with two attached hydrogens (primary N) is 1. The maximum atomic E-state index is 11.1. The van der Waals surface area contributed by atoms with Crippen molar-refractivity contribution in [3.8, 4) is 0 Å². The number of carbonyl (C=O) groups is 1. The van der Waals surface area contributed by atoms with Crippen LogP contribution in [0.1, 0.15) is 10.4 Å². The van der Waals surface area contributed by atoms with Gasteiger partial charge in [0.05, 0.1) is 5.56 Å². The summed E-state index contributed by atoms with van der Waals surface area (Å²) in [6.07, 6.45) is 0. The fourth-order valence-electron chi connectivity index (χ4n) is 1.28. The quantitative estimate of drug-likeness (QED) is 0.820. The van der Waals surface area contributed by atoms with Crippen LogP contribution >= 0.6 is 15.9 Å². The van der Waals surface area contributed by atoms with Crippen LogP contribution < -0.4 is 5.73 Å². The van der Waals surface area contributed by atoms with Crippen molar-refractivity contribution in [1.29, 1.82) is 0 Å². The van der Waals surface area contributed by atoms with E-state index in [2.05, 4.69) is 26.1 Å². The Balaban J connectivity index is 2.85. The third-order valence-electron chi connectivity index (χ3n) is 1.82. The maximum Gasteiger partial charge on any atom is 0.251 e. The average molecular weight is 255 g/mol. The van der Waals surface area contributed by atoms with Crippen LogP contribution in [0.25, 0.3) is 11.0 Å². The molecule has 2 N–H and O–H groups in total. The first-order chi connectivity index (χ1) is 6.58. The summed E-state index contributed by atoms with van der Waals surface area (Å²) < 4.78 is 0.763. The Morgan fingerprint density at radius 3 is 2.86 bits per heavy atom. The van der Waals surface area contributed by atoms with E-state index >= 15 is 0 Å². The Morgan fingerprint density at radius 2 is 2.21 bits per heavy atom. The summed E-state index contributed by atoms with van der Waals surface area (Å²) in [6, 6.07) is 3.42. The van der Waals surface area contributed by atoms with Crippen molar-refractivity contribution in [3.05, 3.63) is 22.2 Å². The van der Waals surface area contributed by atoms with Crippen LogP contribution in [-0.4, -0.2) is 20.9 Å². The summed E-state index contributed by atoms with van der Waals surface area (Å²) in [7, 11) is 1.69. The molecule has 0 aliphatic carbocycles. The van der Waals surface area contributed by atoms with Gasteiger partial charge in [-0.25, -0.2) is 0 Å². The molecule has 0 aliphatic heterocycles. The van der Waals surface area contributed by atoms with Crippen molar-refractivity contribution >= 4 is 32.9 Å². The van der Waals surface area contributed by atoms with E-state index in [9.17, 15) is 4.79 Å². The molecule has 0 atom stereocenters. The Labute approximate surface area is 88.0 Å². The van der Waals surface area contributed by atoms with Gasteiger partial charge in [0.2, 0.25) is 0 Å². The topological polar surface area (TPSA) is 73.8 Å². The minimum absolute atomic E-state index is 0.377. The largest absolute Gasteiger partial charge is 0.366 e. The Kier molecular flexibility index (Phi) is 1.99. The number of hydrogen-bond acceptors (Lipinski definition) is 3. The van der Waals surface area contributed by atoms with Gasteiger partial charge in [-0.3, -0.25) is 4.79 Å². The van der Waals surface area contributed by atoms with Gasteiger partial charge in [0.1, 0.15) is 11.0 Å². The number of amides is 1. The number of primary amides is 1. The number of halogens is 1. The van der Waals surface area contributed by atoms with E-state index in [-0.39, 0.29) is 0 Å². The van der Waals surface area contributed by atoms with E-state index in [4.69, 9.17) is 5.73 Å². The van der Waals surface area contributed by atoms with Crippen molar-refractivity contribution in [2.45, 2.75) is 0 Å². The highest BCUT2D eigenvalue weighted by atomic mass is 79.9. The van der Waals surface area contributed by atoms with E-state index in [1.54, 1.807) is 19.2 Å². The van der Waals surface area contributed by atoms with Gasteiger partial charge in [-0.2, -0.15) is 15.0 Å². The predicted molar refractivity (Wildman–Crippen MR) is 54.7 cm³/mol. The Morgan fingerprint density at radius 1 is 1.50 bits per heavy atom. The highest BCUT2D eigenvalue weighted by molar-refractivity contribution is 9.10. The summed E-state index contributed by atoms with van der Waals surface area (Å²) in [4.78, 5) is 12.5. The molecule has 5 nitrogen and oxygen atoms in total. The summed E-state index contributed by atoms with van der Waals surface area (Å²) in [5, 5.41) is 8.14. The molecule has 2 aromatic rings. The van der Waals surface area contributed by atoms with Gasteiger partial charge in [0, 0.05) is 11.5 Å². The van der Waals surface area contributed by atoms with Crippen LogP contribution in [0.2, 0.25) is 0 Å². The van der Waals surface area contributed by atoms with Crippen LogP contribution in [0.4, 0.5) is 0 Å². The van der Waals surface area contributed by atoms with Crippen LogP contribution in [0.15, 0.2) is 16.6 Å². The molecule has 6 heteroatoms. The molecular weight excluding hydrogens is 248 g/mol. The summed E-state index contributed by atoms with van der Waals surface area (Å²) in [5.74, 6) is -0.503. The lowest BCUT2D eigenvalue weighted by atomic mass is 10.2. The molecule has 0 saturated heterocycles. The zero-order valence-electron chi connectivity index (χ0n) is 7.36. The molecule has 0 aliphatic rings. The Hall–Kier alpha value is -1.43. The van der Waals surface area contributed by atoms with E-state index in [1.807, 2.05) is 0 Å². The van der Waals surface area contributed by atoms with Gasteiger partial charge in [-0.05, 0) is 12.1 Å². The van der Waals surface area contributed by atoms with Crippen molar-refractivity contribution in [2.24, 2.45) is 12.8 Å². The number of fused-ring (bicyclic) bond motifs is 1. The molecule has 1 amide bonds. The minimum atomic E-state index is -0.503. The van der Waals surface area contributed by atoms with Crippen LogP contribution in [0.5, 0.6) is 0 Å². The molecule has 1 aromatic carbocycles. The third kappa shape index (κ3) is 1.37. The second-order valence-corrected chi connectivity index (χ2v) is 3.79. The first kappa shape index (κ1) is 9.14. The first-order valence-electron chi connectivity index (χ1n) is 3.88. The normalized spacial score (nSPS) is 10.7. The lowest BCUT2D eigenvalue weighted by Gasteiger charge is -1.96. The molecule has 72 valence electrons. The number of benzene rings is 1. The summed E-state index contributed by atoms with van der Waals surface area (Å²) in [5.41, 5.74) is 6.78.